The maximum Gasteiger partial charge on any atom is 0.251 e. The van der Waals surface area contributed by atoms with Crippen LogP contribution in [0.3, 0.4) is 0 Å². The number of H-pyrrole nitrogens is 1. The molecule has 2 rings (SSSR count). The summed E-state index contributed by atoms with van der Waals surface area (Å²) < 4.78 is 0. The van der Waals surface area contributed by atoms with Gasteiger partial charge >= 0.3 is 0 Å². The number of rotatable bonds is 4. The van der Waals surface area contributed by atoms with Gasteiger partial charge in [0.25, 0.3) is 5.91 Å². The largest absolute Gasteiger partial charge is 0.355 e. The van der Waals surface area contributed by atoms with Gasteiger partial charge in [-0.25, -0.2) is 4.98 Å². The standard InChI is InChI=1S/C13H16N4O2/c1-3-14-12(18)8(2)17-13(19)9-4-5-10-11(6-9)16-7-15-10/h4-8H,3H2,1-2H3,(H,14,18)(H,15,16)(H,17,19)/t8-/m0/s1. The highest BCUT2D eigenvalue weighted by atomic mass is 16.2. The molecule has 1 atom stereocenters. The van der Waals surface area contributed by atoms with E-state index in [2.05, 4.69) is 20.6 Å². The van der Waals surface area contributed by atoms with E-state index in [4.69, 9.17) is 0 Å². The molecule has 2 aromatic rings. The van der Waals surface area contributed by atoms with Gasteiger partial charge in [-0.05, 0) is 32.0 Å². The van der Waals surface area contributed by atoms with Crippen molar-refractivity contribution >= 4 is 22.8 Å². The second-order valence-corrected chi connectivity index (χ2v) is 4.22. The summed E-state index contributed by atoms with van der Waals surface area (Å²) in [5.74, 6) is -0.478. The molecule has 6 nitrogen and oxygen atoms in total. The lowest BCUT2D eigenvalue weighted by Crippen LogP contribution is -2.44. The predicted octanol–water partition coefficient (Wildman–Crippen LogP) is 0.817. The van der Waals surface area contributed by atoms with Gasteiger partial charge in [0.15, 0.2) is 0 Å². The second-order valence-electron chi connectivity index (χ2n) is 4.22. The molecule has 6 heteroatoms. The average Bonchev–Trinajstić information content (AvgIpc) is 2.85. The Hall–Kier alpha value is -2.37. The molecule has 1 heterocycles. The van der Waals surface area contributed by atoms with Crippen molar-refractivity contribution < 1.29 is 9.59 Å². The highest BCUT2D eigenvalue weighted by Gasteiger charge is 2.16. The van der Waals surface area contributed by atoms with E-state index in [0.717, 1.165) is 11.0 Å². The van der Waals surface area contributed by atoms with Gasteiger partial charge in [-0.15, -0.1) is 0 Å². The Morgan fingerprint density at radius 1 is 1.42 bits per heavy atom. The third-order valence-corrected chi connectivity index (χ3v) is 2.77. The Morgan fingerprint density at radius 2 is 2.21 bits per heavy atom. The van der Waals surface area contributed by atoms with E-state index < -0.39 is 6.04 Å². The molecule has 3 N–H and O–H groups in total. The van der Waals surface area contributed by atoms with Crippen molar-refractivity contribution in [3.05, 3.63) is 30.1 Å². The summed E-state index contributed by atoms with van der Waals surface area (Å²) in [6.07, 6.45) is 1.57. The zero-order chi connectivity index (χ0) is 13.8. The lowest BCUT2D eigenvalue weighted by molar-refractivity contribution is -0.122. The van der Waals surface area contributed by atoms with Crippen molar-refractivity contribution in [2.24, 2.45) is 0 Å². The normalized spacial score (nSPS) is 12.1. The minimum absolute atomic E-state index is 0.196. The Morgan fingerprint density at radius 3 is 2.95 bits per heavy atom. The number of carbonyl (C=O) groups excluding carboxylic acids is 2. The van der Waals surface area contributed by atoms with E-state index in [-0.39, 0.29) is 11.8 Å². The Balaban J connectivity index is 2.08. The highest BCUT2D eigenvalue weighted by Crippen LogP contribution is 2.11. The van der Waals surface area contributed by atoms with Crippen LogP contribution in [0.2, 0.25) is 0 Å². The molecule has 0 bridgehead atoms. The number of amides is 2. The number of aromatic amines is 1. The number of hydrogen-bond donors (Lipinski definition) is 3. The molecule has 0 unspecified atom stereocenters. The average molecular weight is 260 g/mol. The number of likely N-dealkylation sites (N-methyl/N-ethyl adjacent to an activating group) is 1. The molecular weight excluding hydrogens is 244 g/mol. The van der Waals surface area contributed by atoms with Gasteiger partial charge in [0, 0.05) is 12.1 Å². The Labute approximate surface area is 110 Å². The summed E-state index contributed by atoms with van der Waals surface area (Å²) in [6.45, 7) is 4.02. The van der Waals surface area contributed by atoms with Crippen LogP contribution in [0.25, 0.3) is 11.0 Å². The van der Waals surface area contributed by atoms with Crippen LogP contribution in [0.5, 0.6) is 0 Å². The number of benzene rings is 1. The molecule has 19 heavy (non-hydrogen) atoms. The van der Waals surface area contributed by atoms with Gasteiger partial charge < -0.3 is 15.6 Å². The molecule has 2 amide bonds. The Kier molecular flexibility index (Phi) is 3.79. The molecule has 0 aliphatic rings. The van der Waals surface area contributed by atoms with E-state index in [0.29, 0.717) is 12.1 Å². The van der Waals surface area contributed by atoms with E-state index in [1.54, 1.807) is 31.5 Å². The molecule has 1 aromatic heterocycles. The van der Waals surface area contributed by atoms with Crippen molar-refractivity contribution in [2.75, 3.05) is 6.54 Å². The summed E-state index contributed by atoms with van der Waals surface area (Å²) >= 11 is 0. The van der Waals surface area contributed by atoms with Crippen LogP contribution in [0.1, 0.15) is 24.2 Å². The quantitative estimate of drug-likeness (QED) is 0.760. The van der Waals surface area contributed by atoms with Crippen molar-refractivity contribution in [1.29, 1.82) is 0 Å². The molecule has 0 radical (unpaired) electrons. The monoisotopic (exact) mass is 260 g/mol. The van der Waals surface area contributed by atoms with E-state index in [1.165, 1.54) is 0 Å². The van der Waals surface area contributed by atoms with Crippen LogP contribution in [0, 0.1) is 0 Å². The molecule has 0 saturated heterocycles. The maximum atomic E-state index is 12.0. The molecule has 0 fully saturated rings. The number of fused-ring (bicyclic) bond motifs is 1. The number of nitrogens with one attached hydrogen (secondary N) is 3. The number of hydrogen-bond acceptors (Lipinski definition) is 3. The summed E-state index contributed by atoms with van der Waals surface area (Å²) in [5, 5.41) is 5.31. The molecule has 0 saturated carbocycles. The number of aromatic nitrogens is 2. The van der Waals surface area contributed by atoms with Crippen molar-refractivity contribution in [3.8, 4) is 0 Å². The number of carbonyl (C=O) groups is 2. The van der Waals surface area contributed by atoms with E-state index >= 15 is 0 Å². The van der Waals surface area contributed by atoms with Gasteiger partial charge in [0.05, 0.1) is 17.4 Å². The van der Waals surface area contributed by atoms with Crippen LogP contribution in [-0.2, 0) is 4.79 Å². The summed E-state index contributed by atoms with van der Waals surface area (Å²) in [6, 6.07) is 4.59. The maximum absolute atomic E-state index is 12.0. The summed E-state index contributed by atoms with van der Waals surface area (Å²) in [4.78, 5) is 30.6. The number of nitrogens with zero attached hydrogens (tertiary/aromatic N) is 1. The molecule has 0 spiro atoms. The zero-order valence-electron chi connectivity index (χ0n) is 10.9. The van der Waals surface area contributed by atoms with Crippen LogP contribution >= 0.6 is 0 Å². The van der Waals surface area contributed by atoms with E-state index in [9.17, 15) is 9.59 Å². The fourth-order valence-electron chi connectivity index (χ4n) is 1.75. The number of imidazole rings is 1. The van der Waals surface area contributed by atoms with Crippen LogP contribution in [0.4, 0.5) is 0 Å². The second kappa shape index (κ2) is 5.51. The summed E-state index contributed by atoms with van der Waals surface area (Å²) in [5.41, 5.74) is 2.08. The lowest BCUT2D eigenvalue weighted by atomic mass is 10.1. The van der Waals surface area contributed by atoms with Crippen LogP contribution in [-0.4, -0.2) is 34.4 Å². The van der Waals surface area contributed by atoms with Gasteiger partial charge in [0.1, 0.15) is 6.04 Å². The third-order valence-electron chi connectivity index (χ3n) is 2.77. The fourth-order valence-corrected chi connectivity index (χ4v) is 1.75. The van der Waals surface area contributed by atoms with Crippen molar-refractivity contribution in [1.82, 2.24) is 20.6 Å². The van der Waals surface area contributed by atoms with Gasteiger partial charge in [-0.1, -0.05) is 0 Å². The first kappa shape index (κ1) is 13.1. The fraction of sp³-hybridized carbons (Fsp3) is 0.308. The van der Waals surface area contributed by atoms with E-state index in [1.807, 2.05) is 6.92 Å². The first-order chi connectivity index (χ1) is 9.11. The van der Waals surface area contributed by atoms with Crippen LogP contribution < -0.4 is 10.6 Å². The summed E-state index contributed by atoms with van der Waals surface area (Å²) in [7, 11) is 0. The minimum atomic E-state index is -0.565. The molecule has 1 aromatic carbocycles. The van der Waals surface area contributed by atoms with Crippen molar-refractivity contribution in [2.45, 2.75) is 19.9 Å². The van der Waals surface area contributed by atoms with Gasteiger partial charge in [-0.2, -0.15) is 0 Å². The smallest absolute Gasteiger partial charge is 0.251 e. The molecule has 0 aliphatic carbocycles. The lowest BCUT2D eigenvalue weighted by Gasteiger charge is -2.13. The first-order valence-electron chi connectivity index (χ1n) is 6.13. The SMILES string of the molecule is CCNC(=O)[C@H](C)NC(=O)c1ccc2nc[nH]c2c1. The third kappa shape index (κ3) is 2.90. The van der Waals surface area contributed by atoms with Crippen molar-refractivity contribution in [3.63, 3.8) is 0 Å². The molecule has 100 valence electrons. The van der Waals surface area contributed by atoms with Crippen LogP contribution in [0.15, 0.2) is 24.5 Å². The molecular formula is C13H16N4O2. The predicted molar refractivity (Wildman–Crippen MR) is 71.7 cm³/mol. The Bertz CT molecular complexity index is 605. The zero-order valence-corrected chi connectivity index (χ0v) is 10.9. The first-order valence-corrected chi connectivity index (χ1v) is 6.13. The molecule has 0 aliphatic heterocycles. The highest BCUT2D eigenvalue weighted by molar-refractivity contribution is 5.99. The van der Waals surface area contributed by atoms with Gasteiger partial charge in [-0.3, -0.25) is 9.59 Å². The minimum Gasteiger partial charge on any atom is -0.355 e. The topological polar surface area (TPSA) is 86.9 Å². The van der Waals surface area contributed by atoms with Gasteiger partial charge in [0.2, 0.25) is 5.91 Å².